The Morgan fingerprint density at radius 2 is 2.36 bits per heavy atom. The van der Waals surface area contributed by atoms with Gasteiger partial charge >= 0.3 is 0 Å². The van der Waals surface area contributed by atoms with E-state index in [0.29, 0.717) is 12.5 Å². The second-order valence-electron chi connectivity index (χ2n) is 3.97. The molecule has 1 aliphatic rings. The van der Waals surface area contributed by atoms with Crippen molar-refractivity contribution >= 4 is 5.91 Å². The van der Waals surface area contributed by atoms with Crippen molar-refractivity contribution in [1.82, 2.24) is 4.90 Å². The molecule has 3 heteroatoms. The quantitative estimate of drug-likeness (QED) is 0.674. The van der Waals surface area contributed by atoms with E-state index in [-0.39, 0.29) is 5.91 Å². The SMILES string of the molecule is CCC(C#N)C(=O)N1CCCCC1C. The van der Waals surface area contributed by atoms with Crippen LogP contribution in [-0.4, -0.2) is 23.4 Å². The molecule has 78 valence electrons. The molecule has 1 fully saturated rings. The summed E-state index contributed by atoms with van der Waals surface area (Å²) in [6, 6.07) is 2.40. The van der Waals surface area contributed by atoms with E-state index in [1.54, 1.807) is 0 Å². The summed E-state index contributed by atoms with van der Waals surface area (Å²) in [5.74, 6) is -0.405. The molecule has 0 aromatic heterocycles. The minimum atomic E-state index is -0.435. The van der Waals surface area contributed by atoms with Crippen LogP contribution in [0.3, 0.4) is 0 Å². The Morgan fingerprint density at radius 3 is 2.86 bits per heavy atom. The van der Waals surface area contributed by atoms with E-state index in [4.69, 9.17) is 5.26 Å². The first-order valence-corrected chi connectivity index (χ1v) is 5.40. The van der Waals surface area contributed by atoms with Crippen LogP contribution >= 0.6 is 0 Å². The molecule has 0 saturated carbocycles. The molecule has 0 aromatic carbocycles. The lowest BCUT2D eigenvalue weighted by Crippen LogP contribution is -2.44. The van der Waals surface area contributed by atoms with Crippen LogP contribution in [0.4, 0.5) is 0 Å². The number of carbonyl (C=O) groups excluding carboxylic acids is 1. The van der Waals surface area contributed by atoms with Gasteiger partial charge in [0.2, 0.25) is 5.91 Å². The molecule has 0 bridgehead atoms. The molecule has 1 saturated heterocycles. The topological polar surface area (TPSA) is 44.1 Å². The Morgan fingerprint density at radius 1 is 1.64 bits per heavy atom. The summed E-state index contributed by atoms with van der Waals surface area (Å²) in [4.78, 5) is 13.8. The normalized spacial score (nSPS) is 24.1. The minimum Gasteiger partial charge on any atom is -0.339 e. The molecule has 0 aliphatic carbocycles. The van der Waals surface area contributed by atoms with Crippen molar-refractivity contribution in [2.24, 2.45) is 5.92 Å². The van der Waals surface area contributed by atoms with Crippen LogP contribution in [0, 0.1) is 17.2 Å². The number of amides is 1. The smallest absolute Gasteiger partial charge is 0.240 e. The summed E-state index contributed by atoms with van der Waals surface area (Å²) in [5.41, 5.74) is 0. The highest BCUT2D eigenvalue weighted by Crippen LogP contribution is 2.19. The van der Waals surface area contributed by atoms with Crippen molar-refractivity contribution in [3.8, 4) is 6.07 Å². The van der Waals surface area contributed by atoms with Gasteiger partial charge in [-0.2, -0.15) is 5.26 Å². The number of piperidine rings is 1. The molecule has 1 aliphatic heterocycles. The van der Waals surface area contributed by atoms with Gasteiger partial charge in [0.05, 0.1) is 6.07 Å². The Hall–Kier alpha value is -1.04. The number of hydrogen-bond acceptors (Lipinski definition) is 2. The summed E-state index contributed by atoms with van der Waals surface area (Å²) in [6.45, 7) is 4.79. The average Bonchev–Trinajstić information content (AvgIpc) is 2.20. The Balaban J connectivity index is 2.62. The van der Waals surface area contributed by atoms with Crippen molar-refractivity contribution in [3.05, 3.63) is 0 Å². The number of hydrogen-bond donors (Lipinski definition) is 0. The van der Waals surface area contributed by atoms with Crippen molar-refractivity contribution in [2.75, 3.05) is 6.54 Å². The molecule has 1 rings (SSSR count). The zero-order chi connectivity index (χ0) is 10.6. The van der Waals surface area contributed by atoms with E-state index >= 15 is 0 Å². The maximum absolute atomic E-state index is 11.9. The first-order chi connectivity index (χ1) is 6.70. The van der Waals surface area contributed by atoms with Gasteiger partial charge in [-0.3, -0.25) is 4.79 Å². The van der Waals surface area contributed by atoms with Gasteiger partial charge in [-0.25, -0.2) is 0 Å². The Bertz CT molecular complexity index is 244. The second-order valence-corrected chi connectivity index (χ2v) is 3.97. The van der Waals surface area contributed by atoms with Crippen LogP contribution in [0.5, 0.6) is 0 Å². The Kier molecular flexibility index (Phi) is 3.94. The van der Waals surface area contributed by atoms with Gasteiger partial charge in [-0.15, -0.1) is 0 Å². The van der Waals surface area contributed by atoms with Gasteiger partial charge in [0.1, 0.15) is 5.92 Å². The third-order valence-electron chi connectivity index (χ3n) is 2.95. The molecule has 2 unspecified atom stereocenters. The molecular formula is C11H18N2O. The molecule has 0 radical (unpaired) electrons. The Labute approximate surface area is 85.7 Å². The fraction of sp³-hybridized carbons (Fsp3) is 0.818. The van der Waals surface area contributed by atoms with Gasteiger partial charge in [0.15, 0.2) is 0 Å². The van der Waals surface area contributed by atoms with Crippen molar-refractivity contribution in [1.29, 1.82) is 5.26 Å². The number of likely N-dealkylation sites (tertiary alicyclic amines) is 1. The zero-order valence-electron chi connectivity index (χ0n) is 8.99. The van der Waals surface area contributed by atoms with Crippen molar-refractivity contribution in [3.63, 3.8) is 0 Å². The summed E-state index contributed by atoms with van der Waals surface area (Å²) in [6.07, 6.45) is 3.98. The summed E-state index contributed by atoms with van der Waals surface area (Å²) in [7, 11) is 0. The maximum atomic E-state index is 11.9. The zero-order valence-corrected chi connectivity index (χ0v) is 8.99. The van der Waals surface area contributed by atoms with E-state index in [1.165, 1.54) is 6.42 Å². The van der Waals surface area contributed by atoms with Gasteiger partial charge in [0.25, 0.3) is 0 Å². The maximum Gasteiger partial charge on any atom is 0.240 e. The standard InChI is InChI=1S/C11H18N2O/c1-3-10(8-12)11(14)13-7-5-4-6-9(13)2/h9-10H,3-7H2,1-2H3. The second kappa shape index (κ2) is 4.99. The number of nitriles is 1. The lowest BCUT2D eigenvalue weighted by Gasteiger charge is -2.34. The van der Waals surface area contributed by atoms with Crippen LogP contribution in [0.1, 0.15) is 39.5 Å². The first kappa shape index (κ1) is 11.0. The highest BCUT2D eigenvalue weighted by Gasteiger charge is 2.27. The lowest BCUT2D eigenvalue weighted by atomic mass is 9.99. The van der Waals surface area contributed by atoms with E-state index < -0.39 is 5.92 Å². The van der Waals surface area contributed by atoms with Crippen LogP contribution in [-0.2, 0) is 4.79 Å². The number of nitrogens with zero attached hydrogens (tertiary/aromatic N) is 2. The van der Waals surface area contributed by atoms with Crippen LogP contribution in [0.25, 0.3) is 0 Å². The summed E-state index contributed by atoms with van der Waals surface area (Å²) in [5, 5.41) is 8.82. The minimum absolute atomic E-state index is 0.0298. The molecular weight excluding hydrogens is 176 g/mol. The van der Waals surface area contributed by atoms with Gasteiger partial charge in [-0.05, 0) is 32.6 Å². The van der Waals surface area contributed by atoms with Crippen LogP contribution < -0.4 is 0 Å². The van der Waals surface area contributed by atoms with Gasteiger partial charge < -0.3 is 4.90 Å². The van der Waals surface area contributed by atoms with E-state index in [1.807, 2.05) is 11.8 Å². The first-order valence-electron chi connectivity index (χ1n) is 5.40. The molecule has 0 spiro atoms. The summed E-state index contributed by atoms with van der Waals surface area (Å²) < 4.78 is 0. The van der Waals surface area contributed by atoms with E-state index in [9.17, 15) is 4.79 Å². The highest BCUT2D eigenvalue weighted by atomic mass is 16.2. The molecule has 1 amide bonds. The van der Waals surface area contributed by atoms with Gasteiger partial charge in [-0.1, -0.05) is 6.92 Å². The molecule has 0 aromatic rings. The lowest BCUT2D eigenvalue weighted by molar-refractivity contribution is -0.137. The van der Waals surface area contributed by atoms with Gasteiger partial charge in [0, 0.05) is 12.6 Å². The molecule has 2 atom stereocenters. The van der Waals surface area contributed by atoms with Crippen molar-refractivity contribution < 1.29 is 4.79 Å². The third kappa shape index (κ3) is 2.25. The molecule has 3 nitrogen and oxygen atoms in total. The monoisotopic (exact) mass is 194 g/mol. The molecule has 14 heavy (non-hydrogen) atoms. The van der Waals surface area contributed by atoms with E-state index in [0.717, 1.165) is 19.4 Å². The predicted molar refractivity (Wildman–Crippen MR) is 54.4 cm³/mol. The molecule has 1 heterocycles. The van der Waals surface area contributed by atoms with Crippen molar-refractivity contribution in [2.45, 2.75) is 45.6 Å². The van der Waals surface area contributed by atoms with E-state index in [2.05, 4.69) is 13.0 Å². The number of carbonyl (C=O) groups is 1. The average molecular weight is 194 g/mol. The fourth-order valence-electron chi connectivity index (χ4n) is 1.95. The third-order valence-corrected chi connectivity index (χ3v) is 2.95. The van der Waals surface area contributed by atoms with Crippen LogP contribution in [0.15, 0.2) is 0 Å². The largest absolute Gasteiger partial charge is 0.339 e. The van der Waals surface area contributed by atoms with Crippen LogP contribution in [0.2, 0.25) is 0 Å². The predicted octanol–water partition coefficient (Wildman–Crippen LogP) is 1.94. The highest BCUT2D eigenvalue weighted by molar-refractivity contribution is 5.81. The fourth-order valence-corrected chi connectivity index (χ4v) is 1.95. The number of rotatable bonds is 2. The summed E-state index contributed by atoms with van der Waals surface area (Å²) >= 11 is 0. The molecule has 0 N–H and O–H groups in total.